The van der Waals surface area contributed by atoms with Gasteiger partial charge in [0.05, 0.1) is 29.7 Å². The van der Waals surface area contributed by atoms with Crippen LogP contribution in [0.25, 0.3) is 11.1 Å². The molecule has 1 amide bonds. The molecule has 0 aliphatic rings. The van der Waals surface area contributed by atoms with Crippen molar-refractivity contribution in [1.29, 1.82) is 0 Å². The number of aryl methyl sites for hydroxylation is 1. The molecule has 10 nitrogen and oxygen atoms in total. The minimum Gasteiger partial charge on any atom is -0.494 e. The first-order chi connectivity index (χ1) is 17.7. The van der Waals surface area contributed by atoms with Gasteiger partial charge in [-0.1, -0.05) is 22.8 Å². The fourth-order valence-corrected chi connectivity index (χ4v) is 4.40. The number of halogens is 1. The molecule has 0 atom stereocenters. The van der Waals surface area contributed by atoms with Crippen molar-refractivity contribution in [3.63, 3.8) is 0 Å². The Hall–Kier alpha value is -3.67. The van der Waals surface area contributed by atoms with Gasteiger partial charge in [-0.2, -0.15) is 0 Å². The zero-order valence-electron chi connectivity index (χ0n) is 20.9. The Morgan fingerprint density at radius 2 is 1.89 bits per heavy atom. The van der Waals surface area contributed by atoms with Crippen LogP contribution in [0.4, 0.5) is 5.13 Å². The van der Waals surface area contributed by atoms with Crippen LogP contribution in [0.1, 0.15) is 41.2 Å². The molecule has 0 fully saturated rings. The van der Waals surface area contributed by atoms with Gasteiger partial charge in [0, 0.05) is 36.8 Å². The largest absolute Gasteiger partial charge is 0.494 e. The van der Waals surface area contributed by atoms with Gasteiger partial charge >= 0.3 is 0 Å². The van der Waals surface area contributed by atoms with Crippen molar-refractivity contribution in [2.45, 2.75) is 33.0 Å². The van der Waals surface area contributed by atoms with Crippen LogP contribution < -0.4 is 14.8 Å². The molecule has 4 rings (SSSR count). The minimum absolute atomic E-state index is 0.0368. The Balaban J connectivity index is 1.50. The van der Waals surface area contributed by atoms with E-state index >= 15 is 0 Å². The highest BCUT2D eigenvalue weighted by Crippen LogP contribution is 2.39. The van der Waals surface area contributed by atoms with Crippen LogP contribution in [0.3, 0.4) is 0 Å². The summed E-state index contributed by atoms with van der Waals surface area (Å²) in [6.45, 7) is 5.88. The number of nitrogens with zero attached hydrogens (tertiary/aromatic N) is 5. The van der Waals surface area contributed by atoms with Gasteiger partial charge in [-0.05, 0) is 55.9 Å². The number of amides is 1. The fraction of sp³-hybridized carbons (Fsp3) is 0.280. The fourth-order valence-electron chi connectivity index (χ4n) is 3.50. The number of rotatable bonds is 9. The van der Waals surface area contributed by atoms with E-state index in [9.17, 15) is 4.79 Å². The second-order valence-corrected chi connectivity index (χ2v) is 9.67. The molecule has 4 aromatic rings. The predicted octanol–water partition coefficient (Wildman–Crippen LogP) is 5.07. The van der Waals surface area contributed by atoms with Crippen molar-refractivity contribution in [2.75, 3.05) is 19.5 Å². The van der Waals surface area contributed by atoms with Crippen molar-refractivity contribution in [2.24, 2.45) is 0 Å². The van der Waals surface area contributed by atoms with E-state index in [2.05, 4.69) is 30.5 Å². The summed E-state index contributed by atoms with van der Waals surface area (Å²) >= 11 is 7.51. The first-order valence-corrected chi connectivity index (χ1v) is 12.4. The zero-order valence-corrected chi connectivity index (χ0v) is 22.5. The maximum absolute atomic E-state index is 13.3. The lowest BCUT2D eigenvalue weighted by Gasteiger charge is -2.23. The van der Waals surface area contributed by atoms with E-state index in [-0.39, 0.29) is 27.6 Å². The van der Waals surface area contributed by atoms with Gasteiger partial charge in [-0.3, -0.25) is 20.1 Å². The number of hydrogen-bond acceptors (Lipinski definition) is 10. The Morgan fingerprint density at radius 1 is 1.14 bits per heavy atom. The maximum atomic E-state index is 13.3. The minimum atomic E-state index is -0.511. The van der Waals surface area contributed by atoms with E-state index in [0.717, 1.165) is 16.9 Å². The number of nitrogens with one attached hydrogen (secondary N) is 1. The summed E-state index contributed by atoms with van der Waals surface area (Å²) in [6.07, 6.45) is 4.99. The Morgan fingerprint density at radius 3 is 2.54 bits per heavy atom. The van der Waals surface area contributed by atoms with E-state index in [1.54, 1.807) is 44.8 Å². The molecule has 4 aromatic heterocycles. The molecular formula is C25H25ClN6O4S. The van der Waals surface area contributed by atoms with Crippen LogP contribution in [0, 0.1) is 6.92 Å². The molecule has 0 aliphatic carbocycles. The van der Waals surface area contributed by atoms with Crippen molar-refractivity contribution in [3.8, 4) is 22.1 Å². The molecule has 0 spiro atoms. The monoisotopic (exact) mass is 540 g/mol. The Labute approximate surface area is 223 Å². The molecule has 192 valence electrons. The molecular weight excluding hydrogens is 516 g/mol. The van der Waals surface area contributed by atoms with E-state index in [1.165, 1.54) is 7.11 Å². The van der Waals surface area contributed by atoms with Crippen molar-refractivity contribution in [1.82, 2.24) is 25.1 Å². The van der Waals surface area contributed by atoms with Gasteiger partial charge in [-0.25, -0.2) is 4.98 Å². The summed E-state index contributed by atoms with van der Waals surface area (Å²) < 4.78 is 16.7. The lowest BCUT2D eigenvalue weighted by Crippen LogP contribution is -2.19. The number of pyridine rings is 3. The van der Waals surface area contributed by atoms with Crippen LogP contribution in [0.5, 0.6) is 10.9 Å². The van der Waals surface area contributed by atoms with Gasteiger partial charge in [0.25, 0.3) is 11.1 Å². The lowest BCUT2D eigenvalue weighted by molar-refractivity contribution is 0.0189. The van der Waals surface area contributed by atoms with Crippen LogP contribution >= 0.6 is 22.9 Å². The summed E-state index contributed by atoms with van der Waals surface area (Å²) in [7, 11) is 3.17. The number of ether oxygens (including phenoxy) is 3. The standard InChI is InChI=1S/C25H25ClN6O4S/c1-14-20(34-4)18(15-8-10-27-11-9-15)19(21(26)29-14)22(33)30-23-31-32-24(37-23)36-13-17-7-6-16(12-28-17)25(2,3)35-5/h6-12H,13H2,1-5H3,(H,30,31,33). The molecule has 0 saturated carbocycles. The molecule has 0 aliphatic heterocycles. The average Bonchev–Trinajstić information content (AvgIpc) is 3.34. The van der Waals surface area contributed by atoms with Crippen LogP contribution in [0.2, 0.25) is 5.15 Å². The second-order valence-electron chi connectivity index (χ2n) is 8.38. The molecule has 0 aromatic carbocycles. The highest BCUT2D eigenvalue weighted by Gasteiger charge is 2.25. The van der Waals surface area contributed by atoms with Gasteiger partial charge in [0.1, 0.15) is 17.5 Å². The molecule has 0 bridgehead atoms. The first-order valence-electron chi connectivity index (χ1n) is 11.2. The normalized spacial score (nSPS) is 11.3. The van der Waals surface area contributed by atoms with E-state index in [1.807, 2.05) is 26.0 Å². The molecule has 37 heavy (non-hydrogen) atoms. The molecule has 1 N–H and O–H groups in total. The maximum Gasteiger partial charge on any atom is 0.296 e. The van der Waals surface area contributed by atoms with Crippen molar-refractivity contribution >= 4 is 34.0 Å². The molecule has 12 heteroatoms. The second kappa shape index (κ2) is 11.2. The lowest BCUT2D eigenvalue weighted by atomic mass is 9.99. The van der Waals surface area contributed by atoms with Crippen LogP contribution in [-0.4, -0.2) is 45.3 Å². The van der Waals surface area contributed by atoms with Crippen molar-refractivity contribution in [3.05, 3.63) is 70.5 Å². The third-order valence-corrected chi connectivity index (χ3v) is 6.70. The van der Waals surface area contributed by atoms with E-state index < -0.39 is 11.5 Å². The summed E-state index contributed by atoms with van der Waals surface area (Å²) in [6, 6.07) is 7.32. The zero-order chi connectivity index (χ0) is 26.6. The first kappa shape index (κ1) is 26.4. The number of carbonyl (C=O) groups excluding carboxylic acids is 1. The summed E-state index contributed by atoms with van der Waals surface area (Å²) in [4.78, 5) is 26.0. The summed E-state index contributed by atoms with van der Waals surface area (Å²) in [5, 5.41) is 11.3. The quantitative estimate of drug-likeness (QED) is 0.290. The number of anilines is 1. The number of methoxy groups -OCH3 is 2. The molecule has 0 unspecified atom stereocenters. The van der Waals surface area contributed by atoms with Crippen LogP contribution in [0.15, 0.2) is 42.9 Å². The highest BCUT2D eigenvalue weighted by molar-refractivity contribution is 7.17. The highest BCUT2D eigenvalue weighted by atomic mass is 35.5. The Kier molecular flexibility index (Phi) is 7.96. The topological polar surface area (TPSA) is 121 Å². The number of carbonyl (C=O) groups is 1. The van der Waals surface area contributed by atoms with Crippen LogP contribution in [-0.2, 0) is 16.9 Å². The molecule has 0 radical (unpaired) electrons. The third kappa shape index (κ3) is 5.85. The average molecular weight is 541 g/mol. The smallest absolute Gasteiger partial charge is 0.296 e. The van der Waals surface area contributed by atoms with E-state index in [4.69, 9.17) is 25.8 Å². The van der Waals surface area contributed by atoms with Gasteiger partial charge in [0.2, 0.25) is 5.13 Å². The number of hydrogen-bond donors (Lipinski definition) is 1. The predicted molar refractivity (Wildman–Crippen MR) is 140 cm³/mol. The summed E-state index contributed by atoms with van der Waals surface area (Å²) in [5.41, 5.74) is 3.14. The van der Waals surface area contributed by atoms with Gasteiger partial charge in [0.15, 0.2) is 0 Å². The molecule has 0 saturated heterocycles. The SMILES string of the molecule is COc1c(C)nc(Cl)c(C(=O)Nc2nnc(OCc3ccc(C(C)(C)OC)cn3)s2)c1-c1ccncc1. The Bertz CT molecular complexity index is 1400. The van der Waals surface area contributed by atoms with Gasteiger partial charge < -0.3 is 14.2 Å². The van der Waals surface area contributed by atoms with E-state index in [0.29, 0.717) is 28.3 Å². The molecule has 4 heterocycles. The number of aromatic nitrogens is 5. The third-order valence-electron chi connectivity index (χ3n) is 5.68. The summed E-state index contributed by atoms with van der Waals surface area (Å²) in [5.74, 6) is -0.0715. The van der Waals surface area contributed by atoms with Crippen molar-refractivity contribution < 1.29 is 19.0 Å². The van der Waals surface area contributed by atoms with Gasteiger partial charge in [-0.15, -0.1) is 5.10 Å².